The van der Waals surface area contributed by atoms with Crippen LogP contribution >= 0.6 is 0 Å². The molecule has 2 heteroatoms. The first kappa shape index (κ1) is 12.2. The Labute approximate surface area is 103 Å². The van der Waals surface area contributed by atoms with Crippen LogP contribution in [0.25, 0.3) is 0 Å². The Morgan fingerprint density at radius 3 is 2.59 bits per heavy atom. The summed E-state index contributed by atoms with van der Waals surface area (Å²) >= 11 is 0. The molecule has 0 unspecified atom stereocenters. The van der Waals surface area contributed by atoms with Gasteiger partial charge in [-0.3, -0.25) is 4.79 Å². The second-order valence-electron chi connectivity index (χ2n) is 5.85. The minimum absolute atomic E-state index is 0.0940. The smallest absolute Gasteiger partial charge is 0.229 e. The number of amides is 1. The first-order valence-electron chi connectivity index (χ1n) is 6.41. The van der Waals surface area contributed by atoms with Crippen LogP contribution in [0.1, 0.15) is 44.7 Å². The molecular weight excluding hydrogens is 210 g/mol. The number of hydrogen-bond donors (Lipinski definition) is 1. The average Bonchev–Trinajstić information content (AvgIpc) is 2.28. The zero-order valence-corrected chi connectivity index (χ0v) is 11.0. The van der Waals surface area contributed by atoms with Crippen molar-refractivity contribution in [1.29, 1.82) is 0 Å². The zero-order chi connectivity index (χ0) is 12.5. The summed E-state index contributed by atoms with van der Waals surface area (Å²) in [5.74, 6) is 0.0940. The minimum atomic E-state index is -0.336. The van der Waals surface area contributed by atoms with Gasteiger partial charge in [0, 0.05) is 11.1 Å². The third-order valence-electron chi connectivity index (χ3n) is 3.33. The van der Waals surface area contributed by atoms with Crippen molar-refractivity contribution in [2.45, 2.75) is 46.5 Å². The number of carbonyl (C=O) groups excluding carboxylic acids is 1. The molecule has 17 heavy (non-hydrogen) atoms. The van der Waals surface area contributed by atoms with Gasteiger partial charge in [0.05, 0.1) is 0 Å². The van der Waals surface area contributed by atoms with Gasteiger partial charge in [-0.2, -0.15) is 0 Å². The van der Waals surface area contributed by atoms with E-state index in [2.05, 4.69) is 11.4 Å². The molecule has 1 aliphatic rings. The molecule has 2 nitrogen and oxygen atoms in total. The lowest BCUT2D eigenvalue weighted by Crippen LogP contribution is -2.28. The highest BCUT2D eigenvalue weighted by Crippen LogP contribution is 2.29. The predicted molar refractivity (Wildman–Crippen MR) is 71.2 cm³/mol. The summed E-state index contributed by atoms with van der Waals surface area (Å²) in [4.78, 5) is 12.0. The van der Waals surface area contributed by atoms with E-state index in [0.717, 1.165) is 18.5 Å². The van der Waals surface area contributed by atoms with Crippen LogP contribution in [0.4, 0.5) is 5.69 Å². The largest absolute Gasteiger partial charge is 0.325 e. The van der Waals surface area contributed by atoms with E-state index in [1.54, 1.807) is 0 Å². The van der Waals surface area contributed by atoms with Crippen LogP contribution in [0.3, 0.4) is 0 Å². The van der Waals surface area contributed by atoms with Crippen LogP contribution in [-0.4, -0.2) is 5.91 Å². The van der Waals surface area contributed by atoms with Crippen LogP contribution in [0.2, 0.25) is 0 Å². The number of benzene rings is 1. The summed E-state index contributed by atoms with van der Waals surface area (Å²) in [6, 6.07) is 6.25. The first-order valence-corrected chi connectivity index (χ1v) is 6.41. The molecule has 1 aliphatic carbocycles. The highest BCUT2D eigenvalue weighted by atomic mass is 16.2. The normalized spacial score (nSPS) is 15.2. The second kappa shape index (κ2) is 4.52. The first-order chi connectivity index (χ1) is 7.98. The summed E-state index contributed by atoms with van der Waals surface area (Å²) in [7, 11) is 0. The quantitative estimate of drug-likeness (QED) is 0.786. The standard InChI is InChI=1S/C15H21NO/c1-15(2,3)14(17)16-13-10-6-8-11-7-4-5-9-12(11)13/h6,8,10H,4-5,7,9H2,1-3H3,(H,16,17). The molecule has 1 aromatic rings. The Hall–Kier alpha value is -1.31. The lowest BCUT2D eigenvalue weighted by molar-refractivity contribution is -0.123. The fraction of sp³-hybridized carbons (Fsp3) is 0.533. The Morgan fingerprint density at radius 2 is 1.88 bits per heavy atom. The van der Waals surface area contributed by atoms with Crippen molar-refractivity contribution in [3.8, 4) is 0 Å². The van der Waals surface area contributed by atoms with Gasteiger partial charge in [0.2, 0.25) is 5.91 Å². The molecule has 92 valence electrons. The fourth-order valence-corrected chi connectivity index (χ4v) is 2.21. The molecule has 0 fully saturated rings. The van der Waals surface area contributed by atoms with E-state index >= 15 is 0 Å². The summed E-state index contributed by atoms with van der Waals surface area (Å²) < 4.78 is 0. The molecule has 1 amide bonds. The Balaban J connectivity index is 2.25. The Kier molecular flexibility index (Phi) is 3.23. The van der Waals surface area contributed by atoms with Gasteiger partial charge in [-0.05, 0) is 42.9 Å². The van der Waals surface area contributed by atoms with Gasteiger partial charge in [-0.15, -0.1) is 0 Å². The lowest BCUT2D eigenvalue weighted by Gasteiger charge is -2.23. The predicted octanol–water partition coefficient (Wildman–Crippen LogP) is 3.55. The van der Waals surface area contributed by atoms with E-state index in [4.69, 9.17) is 0 Å². The average molecular weight is 231 g/mol. The minimum Gasteiger partial charge on any atom is -0.325 e. The topological polar surface area (TPSA) is 29.1 Å². The van der Waals surface area contributed by atoms with E-state index in [0.29, 0.717) is 0 Å². The summed E-state index contributed by atoms with van der Waals surface area (Å²) in [6.07, 6.45) is 4.74. The SMILES string of the molecule is CC(C)(C)C(=O)Nc1cccc2c1CCCC2. The molecule has 0 saturated carbocycles. The summed E-state index contributed by atoms with van der Waals surface area (Å²) in [5, 5.41) is 3.07. The second-order valence-corrected chi connectivity index (χ2v) is 5.85. The molecule has 2 rings (SSSR count). The van der Waals surface area contributed by atoms with E-state index in [9.17, 15) is 4.79 Å². The van der Waals surface area contributed by atoms with Gasteiger partial charge >= 0.3 is 0 Å². The molecule has 1 aromatic carbocycles. The molecule has 0 atom stereocenters. The number of fused-ring (bicyclic) bond motifs is 1. The summed E-state index contributed by atoms with van der Waals surface area (Å²) in [6.45, 7) is 5.83. The molecule has 1 N–H and O–H groups in total. The molecule has 0 aliphatic heterocycles. The monoisotopic (exact) mass is 231 g/mol. The maximum atomic E-state index is 12.0. The van der Waals surface area contributed by atoms with Crippen LogP contribution in [0.5, 0.6) is 0 Å². The van der Waals surface area contributed by atoms with E-state index in [1.165, 1.54) is 24.0 Å². The van der Waals surface area contributed by atoms with Gasteiger partial charge in [-0.1, -0.05) is 32.9 Å². The highest BCUT2D eigenvalue weighted by molar-refractivity contribution is 5.95. The maximum Gasteiger partial charge on any atom is 0.229 e. The molecular formula is C15H21NO. The number of rotatable bonds is 1. The van der Waals surface area contributed by atoms with Crippen LogP contribution < -0.4 is 5.32 Å². The van der Waals surface area contributed by atoms with Gasteiger partial charge in [0.25, 0.3) is 0 Å². The molecule has 0 saturated heterocycles. The number of carbonyl (C=O) groups is 1. The van der Waals surface area contributed by atoms with Gasteiger partial charge in [0.1, 0.15) is 0 Å². The van der Waals surface area contributed by atoms with Crippen molar-refractivity contribution in [3.63, 3.8) is 0 Å². The van der Waals surface area contributed by atoms with Gasteiger partial charge < -0.3 is 5.32 Å². The Morgan fingerprint density at radius 1 is 1.18 bits per heavy atom. The number of aryl methyl sites for hydroxylation is 1. The zero-order valence-electron chi connectivity index (χ0n) is 11.0. The molecule has 0 radical (unpaired) electrons. The van der Waals surface area contributed by atoms with Crippen molar-refractivity contribution in [1.82, 2.24) is 0 Å². The lowest BCUT2D eigenvalue weighted by atomic mass is 9.89. The number of nitrogens with one attached hydrogen (secondary N) is 1. The van der Waals surface area contributed by atoms with Crippen LogP contribution in [-0.2, 0) is 17.6 Å². The van der Waals surface area contributed by atoms with Crippen molar-refractivity contribution in [2.75, 3.05) is 5.32 Å². The van der Waals surface area contributed by atoms with Crippen molar-refractivity contribution in [2.24, 2.45) is 5.41 Å². The van der Waals surface area contributed by atoms with Crippen molar-refractivity contribution >= 4 is 11.6 Å². The van der Waals surface area contributed by atoms with Gasteiger partial charge in [0.15, 0.2) is 0 Å². The molecule has 0 aromatic heterocycles. The van der Waals surface area contributed by atoms with Crippen LogP contribution in [0.15, 0.2) is 18.2 Å². The third kappa shape index (κ3) is 2.68. The molecule has 0 bridgehead atoms. The summed E-state index contributed by atoms with van der Waals surface area (Å²) in [5.41, 5.74) is 3.43. The fourth-order valence-electron chi connectivity index (χ4n) is 2.21. The van der Waals surface area contributed by atoms with E-state index in [1.807, 2.05) is 32.9 Å². The maximum absolute atomic E-state index is 12.0. The third-order valence-corrected chi connectivity index (χ3v) is 3.33. The molecule has 0 heterocycles. The van der Waals surface area contributed by atoms with E-state index in [-0.39, 0.29) is 11.3 Å². The van der Waals surface area contributed by atoms with Crippen LogP contribution in [0, 0.1) is 5.41 Å². The van der Waals surface area contributed by atoms with E-state index < -0.39 is 0 Å². The molecule has 0 spiro atoms. The number of anilines is 1. The van der Waals surface area contributed by atoms with Crippen molar-refractivity contribution < 1.29 is 4.79 Å². The van der Waals surface area contributed by atoms with Crippen molar-refractivity contribution in [3.05, 3.63) is 29.3 Å². The highest BCUT2D eigenvalue weighted by Gasteiger charge is 2.22. The Bertz CT molecular complexity index is 429. The van der Waals surface area contributed by atoms with Gasteiger partial charge in [-0.25, -0.2) is 0 Å². The number of hydrogen-bond acceptors (Lipinski definition) is 1.